The van der Waals surface area contributed by atoms with Crippen molar-refractivity contribution in [2.24, 2.45) is 0 Å². The van der Waals surface area contributed by atoms with Crippen LogP contribution < -0.4 is 24.8 Å². The number of hydrogen-bond acceptors (Lipinski definition) is 0. The fourth-order valence-electron chi connectivity index (χ4n) is 3.78. The summed E-state index contributed by atoms with van der Waals surface area (Å²) in [5.74, 6) is 0. The predicted octanol–water partition coefficient (Wildman–Crippen LogP) is -0.718. The van der Waals surface area contributed by atoms with Gasteiger partial charge in [0.25, 0.3) is 0 Å². The molecule has 0 heterocycles. The molecule has 22 heavy (non-hydrogen) atoms. The maximum absolute atomic E-state index is 4.96. The minimum atomic E-state index is -2.84. The van der Waals surface area contributed by atoms with E-state index in [-0.39, 0.29) is 24.8 Å². The van der Waals surface area contributed by atoms with Crippen molar-refractivity contribution in [3.8, 4) is 0 Å². The zero-order valence-corrected chi connectivity index (χ0v) is 17.5. The second-order valence-corrected chi connectivity index (χ2v) is 15.3. The quantitative estimate of drug-likeness (QED) is 0.573. The maximum Gasteiger partial charge on any atom is -1.00 e. The van der Waals surface area contributed by atoms with Gasteiger partial charge in [0.1, 0.15) is 0 Å². The topological polar surface area (TPSA) is 0 Å². The predicted molar refractivity (Wildman–Crippen MR) is 86.5 cm³/mol. The van der Waals surface area contributed by atoms with Gasteiger partial charge in [-0.05, 0) is 0 Å². The van der Waals surface area contributed by atoms with E-state index in [0.29, 0.717) is 0 Å². The van der Waals surface area contributed by atoms with Crippen LogP contribution in [0.5, 0.6) is 0 Å². The second-order valence-electron chi connectivity index (χ2n) is 6.26. The molecule has 0 aromatic carbocycles. The first-order valence-electron chi connectivity index (χ1n) is 7.50. The van der Waals surface area contributed by atoms with E-state index in [1.165, 1.54) is 16.7 Å². The Morgan fingerprint density at radius 1 is 0.864 bits per heavy atom. The number of halogens is 2. The summed E-state index contributed by atoms with van der Waals surface area (Å²) in [7, 11) is 0. The van der Waals surface area contributed by atoms with Gasteiger partial charge in [-0.3, -0.25) is 0 Å². The van der Waals surface area contributed by atoms with E-state index in [2.05, 4.69) is 57.2 Å². The Balaban J connectivity index is 0.00000121. The fraction of sp³-hybridized carbons (Fsp3) is 0.316. The fourth-order valence-corrected chi connectivity index (χ4v) is 14.9. The molecule has 3 aliphatic rings. The van der Waals surface area contributed by atoms with Crippen LogP contribution in [0.2, 0.25) is 0 Å². The maximum atomic E-state index is 4.96. The summed E-state index contributed by atoms with van der Waals surface area (Å²) in [5, 5.41) is 0. The van der Waals surface area contributed by atoms with Gasteiger partial charge >= 0.3 is 127 Å². The van der Waals surface area contributed by atoms with Crippen LogP contribution in [0.25, 0.3) is 0 Å². The first kappa shape index (κ1) is 19.8. The molecule has 3 heteroatoms. The molecule has 0 nitrogen and oxygen atoms in total. The van der Waals surface area contributed by atoms with Gasteiger partial charge < -0.3 is 24.8 Å². The van der Waals surface area contributed by atoms with Crippen molar-refractivity contribution >= 4 is 4.21 Å². The Bertz CT molecular complexity index is 657. The Morgan fingerprint density at radius 3 is 1.68 bits per heavy atom. The Morgan fingerprint density at radius 2 is 1.36 bits per heavy atom. The number of rotatable bonds is 3. The Labute approximate surface area is 151 Å². The molecular formula is C19H23Cl2Zr. The summed E-state index contributed by atoms with van der Waals surface area (Å²) >= 11 is -2.84. The summed E-state index contributed by atoms with van der Waals surface area (Å²) < 4.78 is 10.0. The van der Waals surface area contributed by atoms with Crippen LogP contribution in [-0.4, -0.2) is 4.21 Å². The van der Waals surface area contributed by atoms with E-state index < -0.39 is 19.8 Å². The standard InChI is InChI=1S/3C6H7.CH2.2ClH.Zr/c3*1-6-4-2-3-5-6;;;;/h4-5H,2H2,1H3;2*2,4H,3H2,1H3;1H2;2*1H;/q;;;;;;+2/p-2. The largest absolute Gasteiger partial charge is 1.00 e. The Hall–Kier alpha value is -0.227. The summed E-state index contributed by atoms with van der Waals surface area (Å²) in [6, 6.07) is 0. The third-order valence-electron chi connectivity index (χ3n) is 4.96. The van der Waals surface area contributed by atoms with Crippen molar-refractivity contribution in [2.45, 2.75) is 40.0 Å². The molecule has 3 aliphatic carbocycles. The van der Waals surface area contributed by atoms with Crippen molar-refractivity contribution in [3.63, 3.8) is 0 Å². The summed E-state index contributed by atoms with van der Waals surface area (Å²) in [5.41, 5.74) is 4.42. The molecule has 0 saturated carbocycles. The minimum Gasteiger partial charge on any atom is -1.00 e. The van der Waals surface area contributed by atoms with Crippen LogP contribution in [0.4, 0.5) is 0 Å². The monoisotopic (exact) mass is 411 g/mol. The number of allylic oxidation sites excluding steroid dienone is 12. The Kier molecular flexibility index (Phi) is 6.81. The van der Waals surface area contributed by atoms with Gasteiger partial charge in [0.2, 0.25) is 0 Å². The van der Waals surface area contributed by atoms with E-state index in [9.17, 15) is 0 Å². The average molecular weight is 414 g/mol. The zero-order chi connectivity index (χ0) is 14.3. The molecule has 0 N–H and O–H groups in total. The van der Waals surface area contributed by atoms with E-state index >= 15 is 0 Å². The van der Waals surface area contributed by atoms with Crippen molar-refractivity contribution in [3.05, 3.63) is 63.0 Å². The molecule has 0 radical (unpaired) electrons. The normalized spacial score (nSPS) is 19.4. The molecule has 0 aliphatic heterocycles. The van der Waals surface area contributed by atoms with Crippen LogP contribution in [0.1, 0.15) is 40.0 Å². The van der Waals surface area contributed by atoms with E-state index in [1.807, 2.05) is 0 Å². The van der Waals surface area contributed by atoms with E-state index in [0.717, 1.165) is 19.3 Å². The molecule has 0 aromatic rings. The van der Waals surface area contributed by atoms with Gasteiger partial charge in [-0.15, -0.1) is 0 Å². The third kappa shape index (κ3) is 3.19. The van der Waals surface area contributed by atoms with Crippen molar-refractivity contribution < 1.29 is 44.6 Å². The van der Waals surface area contributed by atoms with Gasteiger partial charge in [0.15, 0.2) is 0 Å². The van der Waals surface area contributed by atoms with E-state index in [1.54, 1.807) is 9.84 Å². The van der Waals surface area contributed by atoms with Crippen molar-refractivity contribution in [1.82, 2.24) is 0 Å². The molecule has 0 amide bonds. The van der Waals surface area contributed by atoms with Crippen LogP contribution in [0.15, 0.2) is 63.0 Å². The molecule has 0 unspecified atom stereocenters. The van der Waals surface area contributed by atoms with Crippen molar-refractivity contribution in [2.75, 3.05) is 0 Å². The first-order valence-corrected chi connectivity index (χ1v) is 12.9. The second kappa shape index (κ2) is 7.56. The van der Waals surface area contributed by atoms with Crippen molar-refractivity contribution in [1.29, 1.82) is 0 Å². The van der Waals surface area contributed by atoms with Gasteiger partial charge in [0.05, 0.1) is 0 Å². The van der Waals surface area contributed by atoms with E-state index in [4.69, 9.17) is 4.21 Å². The van der Waals surface area contributed by atoms with Crippen LogP contribution in [0.3, 0.4) is 0 Å². The van der Waals surface area contributed by atoms with Gasteiger partial charge in [-0.25, -0.2) is 0 Å². The molecule has 0 saturated heterocycles. The molecular weight excluding hydrogens is 390 g/mol. The SMILES string of the molecule is [CH2]=[Zr+2]([C]1=CC(C)=CC1)([C]1=C(C)C=CC1)[C]1=C(C)C=CC1.[Cl-].[Cl-]. The molecule has 0 bridgehead atoms. The van der Waals surface area contributed by atoms with Crippen LogP contribution in [0, 0.1) is 0 Å². The van der Waals surface area contributed by atoms with Gasteiger partial charge in [-0.1, -0.05) is 0 Å². The molecule has 0 spiro atoms. The zero-order valence-electron chi connectivity index (χ0n) is 13.5. The number of hydrogen-bond donors (Lipinski definition) is 0. The molecule has 0 aromatic heterocycles. The minimum absolute atomic E-state index is 0. The third-order valence-corrected chi connectivity index (χ3v) is 16.5. The molecule has 0 atom stereocenters. The smallest absolute Gasteiger partial charge is 1.00 e. The summed E-state index contributed by atoms with van der Waals surface area (Å²) in [6.45, 7) is 6.79. The average Bonchev–Trinajstić information content (AvgIpc) is 3.10. The van der Waals surface area contributed by atoms with Gasteiger partial charge in [0, 0.05) is 0 Å². The van der Waals surface area contributed by atoms with Crippen LogP contribution in [-0.2, 0) is 19.8 Å². The summed E-state index contributed by atoms with van der Waals surface area (Å²) in [6.07, 6.45) is 17.5. The van der Waals surface area contributed by atoms with Gasteiger partial charge in [-0.2, -0.15) is 0 Å². The molecule has 3 rings (SSSR count). The first-order chi connectivity index (χ1) is 9.53. The van der Waals surface area contributed by atoms with Crippen LogP contribution >= 0.6 is 0 Å². The molecule has 0 fully saturated rings. The molecule has 117 valence electrons. The summed E-state index contributed by atoms with van der Waals surface area (Å²) in [4.78, 5) is 0.